The molecule has 2 aromatic carbocycles. The zero-order valence-corrected chi connectivity index (χ0v) is 19.2. The molecule has 0 saturated carbocycles. The Hall–Kier alpha value is -3.35. The second-order valence-corrected chi connectivity index (χ2v) is 10.2. The molecule has 1 saturated heterocycles. The van der Waals surface area contributed by atoms with Gasteiger partial charge in [-0.25, -0.2) is 8.42 Å². The molecule has 0 amide bonds. The number of aromatic nitrogens is 1. The van der Waals surface area contributed by atoms with Crippen molar-refractivity contribution in [3.63, 3.8) is 0 Å². The Labute approximate surface area is 192 Å². The lowest BCUT2D eigenvalue weighted by Gasteiger charge is -2.19. The third-order valence-electron chi connectivity index (χ3n) is 6.06. The molecule has 8 nitrogen and oxygen atoms in total. The third kappa shape index (κ3) is 4.32. The average molecular weight is 468 g/mol. The number of benzene rings is 2. The van der Waals surface area contributed by atoms with Gasteiger partial charge in [0, 0.05) is 30.2 Å². The number of carboxylic acid groups (broad SMARTS) is 1. The van der Waals surface area contributed by atoms with Gasteiger partial charge in [0.05, 0.1) is 35.6 Å². The first-order valence-electron chi connectivity index (χ1n) is 10.7. The largest absolute Gasteiger partial charge is 0.494 e. The van der Waals surface area contributed by atoms with Gasteiger partial charge in [0.2, 0.25) is 10.0 Å². The zero-order chi connectivity index (χ0) is 23.8. The minimum absolute atomic E-state index is 0.0125. The number of carbonyl (C=O) groups is 1. The molecule has 3 aromatic rings. The molecule has 2 heterocycles. The van der Waals surface area contributed by atoms with Crippen LogP contribution >= 0.6 is 0 Å². The molecule has 0 bridgehead atoms. The number of sulfonamides is 1. The molecule has 1 aliphatic rings. The van der Waals surface area contributed by atoms with Gasteiger partial charge in [0.15, 0.2) is 0 Å². The summed E-state index contributed by atoms with van der Waals surface area (Å²) >= 11 is 0. The summed E-state index contributed by atoms with van der Waals surface area (Å²) in [6.07, 6.45) is 1.64. The summed E-state index contributed by atoms with van der Waals surface area (Å²) in [5.41, 5.74) is 1.85. The van der Waals surface area contributed by atoms with Crippen LogP contribution in [0.25, 0.3) is 10.9 Å². The van der Waals surface area contributed by atoms with E-state index in [-0.39, 0.29) is 29.8 Å². The van der Waals surface area contributed by atoms with Gasteiger partial charge in [0.1, 0.15) is 5.75 Å². The molecular formula is C24H25N3O5S. The van der Waals surface area contributed by atoms with Gasteiger partial charge >= 0.3 is 5.97 Å². The van der Waals surface area contributed by atoms with E-state index in [1.807, 2.05) is 18.4 Å². The van der Waals surface area contributed by atoms with Gasteiger partial charge in [-0.2, -0.15) is 9.57 Å². The van der Waals surface area contributed by atoms with Crippen molar-refractivity contribution in [2.45, 2.75) is 31.2 Å². The molecular weight excluding hydrogens is 442 g/mol. The maximum atomic E-state index is 13.3. The van der Waals surface area contributed by atoms with E-state index in [4.69, 9.17) is 4.74 Å². The lowest BCUT2D eigenvalue weighted by molar-refractivity contribution is -0.136. The number of rotatable bonds is 7. The molecule has 33 heavy (non-hydrogen) atoms. The molecule has 172 valence electrons. The average Bonchev–Trinajstić information content (AvgIpc) is 3.34. The molecule has 1 N–H and O–H groups in total. The van der Waals surface area contributed by atoms with Crippen LogP contribution in [0.15, 0.2) is 53.6 Å². The van der Waals surface area contributed by atoms with Crippen LogP contribution in [0.4, 0.5) is 0 Å². The molecule has 0 spiro atoms. The Balaban J connectivity index is 1.68. The van der Waals surface area contributed by atoms with Crippen molar-refractivity contribution in [2.24, 2.45) is 5.92 Å². The summed E-state index contributed by atoms with van der Waals surface area (Å²) in [4.78, 5) is 11.6. The first kappa shape index (κ1) is 22.8. The van der Waals surface area contributed by atoms with E-state index in [1.165, 1.54) is 4.31 Å². The Bertz CT molecular complexity index is 1340. The minimum Gasteiger partial charge on any atom is -0.494 e. The van der Waals surface area contributed by atoms with Crippen molar-refractivity contribution in [1.82, 2.24) is 8.87 Å². The van der Waals surface area contributed by atoms with E-state index in [2.05, 4.69) is 6.07 Å². The summed E-state index contributed by atoms with van der Waals surface area (Å²) < 4.78 is 35.4. The molecule has 0 radical (unpaired) electrons. The van der Waals surface area contributed by atoms with Crippen LogP contribution < -0.4 is 4.74 Å². The number of nitriles is 1. The molecule has 0 unspecified atom stereocenters. The van der Waals surface area contributed by atoms with Crippen LogP contribution in [-0.4, -0.2) is 48.1 Å². The third-order valence-corrected chi connectivity index (χ3v) is 7.90. The van der Waals surface area contributed by atoms with Crippen LogP contribution in [-0.2, 0) is 21.2 Å². The van der Waals surface area contributed by atoms with Crippen LogP contribution in [0.1, 0.15) is 31.0 Å². The summed E-state index contributed by atoms with van der Waals surface area (Å²) in [6.45, 7) is 4.94. The van der Waals surface area contributed by atoms with E-state index in [1.54, 1.807) is 48.7 Å². The summed E-state index contributed by atoms with van der Waals surface area (Å²) in [5.74, 6) is -0.346. The van der Waals surface area contributed by atoms with Crippen molar-refractivity contribution < 1.29 is 23.1 Å². The van der Waals surface area contributed by atoms with E-state index in [0.717, 1.165) is 10.9 Å². The second-order valence-electron chi connectivity index (χ2n) is 8.25. The van der Waals surface area contributed by atoms with Crippen molar-refractivity contribution in [3.05, 3.63) is 59.8 Å². The first-order chi connectivity index (χ1) is 15.7. The number of hydrogen-bond acceptors (Lipinski definition) is 5. The Morgan fingerprint density at radius 2 is 1.94 bits per heavy atom. The normalized spacial score (nSPS) is 18.9. The van der Waals surface area contributed by atoms with Crippen molar-refractivity contribution >= 4 is 26.9 Å². The van der Waals surface area contributed by atoms with Crippen LogP contribution in [0.2, 0.25) is 0 Å². The van der Waals surface area contributed by atoms with Crippen LogP contribution in [0, 0.1) is 17.2 Å². The highest BCUT2D eigenvalue weighted by molar-refractivity contribution is 7.89. The molecule has 1 aromatic heterocycles. The van der Waals surface area contributed by atoms with E-state index in [9.17, 15) is 23.6 Å². The number of nitrogens with zero attached hydrogens (tertiary/aromatic N) is 3. The molecule has 1 fully saturated rings. The molecule has 9 heteroatoms. The molecule has 0 aliphatic carbocycles. The lowest BCUT2D eigenvalue weighted by Crippen LogP contribution is -2.29. The van der Waals surface area contributed by atoms with E-state index < -0.39 is 16.0 Å². The molecule has 1 aliphatic heterocycles. The van der Waals surface area contributed by atoms with Gasteiger partial charge in [0.25, 0.3) is 0 Å². The van der Waals surface area contributed by atoms with Crippen molar-refractivity contribution in [2.75, 3.05) is 19.7 Å². The predicted molar refractivity (Wildman–Crippen MR) is 123 cm³/mol. The smallest absolute Gasteiger partial charge is 0.307 e. The standard InChI is InChI=1S/C24H25N3O5S/c1-3-32-19-5-7-20(8-6-19)33(30,31)26-13-16(2)23(15-26)27-14-18(11-24(28)29)21-9-4-17(12-25)10-22(21)27/h4-10,14,16,23H,3,11,13,15H2,1-2H3,(H,28,29)/t16-,23+/m1/s1. The number of fused-ring (bicyclic) bond motifs is 1. The zero-order valence-electron chi connectivity index (χ0n) is 18.4. The van der Waals surface area contributed by atoms with Gasteiger partial charge in [-0.05, 0) is 54.8 Å². The van der Waals surface area contributed by atoms with Crippen LogP contribution in [0.5, 0.6) is 5.75 Å². The van der Waals surface area contributed by atoms with Crippen molar-refractivity contribution in [3.8, 4) is 11.8 Å². The highest BCUT2D eigenvalue weighted by Gasteiger charge is 2.38. The Kier molecular flexibility index (Phi) is 6.15. The second kappa shape index (κ2) is 8.89. The number of aliphatic carboxylic acids is 1. The SMILES string of the molecule is CCOc1ccc(S(=O)(=O)N2C[C@@H](C)[C@@H](n3cc(CC(=O)O)c4ccc(C#N)cc43)C2)cc1. The monoisotopic (exact) mass is 467 g/mol. The van der Waals surface area contributed by atoms with Gasteiger partial charge in [-0.15, -0.1) is 0 Å². The Morgan fingerprint density at radius 3 is 2.58 bits per heavy atom. The van der Waals surface area contributed by atoms with Crippen molar-refractivity contribution in [1.29, 1.82) is 5.26 Å². The lowest BCUT2D eigenvalue weighted by atomic mass is 10.1. The van der Waals surface area contributed by atoms with Gasteiger partial charge in [-0.3, -0.25) is 4.79 Å². The maximum Gasteiger partial charge on any atom is 0.307 e. The highest BCUT2D eigenvalue weighted by Crippen LogP contribution is 2.36. The summed E-state index contributed by atoms with van der Waals surface area (Å²) in [7, 11) is -3.70. The van der Waals surface area contributed by atoms with E-state index in [0.29, 0.717) is 30.0 Å². The van der Waals surface area contributed by atoms with Gasteiger partial charge in [-0.1, -0.05) is 13.0 Å². The predicted octanol–water partition coefficient (Wildman–Crippen LogP) is 3.42. The fourth-order valence-corrected chi connectivity index (χ4v) is 6.02. The van der Waals surface area contributed by atoms with E-state index >= 15 is 0 Å². The Morgan fingerprint density at radius 1 is 1.21 bits per heavy atom. The topological polar surface area (TPSA) is 113 Å². The van der Waals surface area contributed by atoms with Gasteiger partial charge < -0.3 is 14.4 Å². The number of carboxylic acids is 1. The summed E-state index contributed by atoms with van der Waals surface area (Å²) in [5, 5.41) is 19.4. The number of hydrogen-bond donors (Lipinski definition) is 1. The fourth-order valence-electron chi connectivity index (χ4n) is 4.46. The molecule has 2 atom stereocenters. The summed E-state index contributed by atoms with van der Waals surface area (Å²) in [6, 6.07) is 13.5. The molecule has 4 rings (SSSR count). The minimum atomic E-state index is -3.70. The fraction of sp³-hybridized carbons (Fsp3) is 0.333. The number of ether oxygens (including phenoxy) is 1. The maximum absolute atomic E-state index is 13.3. The first-order valence-corrected chi connectivity index (χ1v) is 12.2. The highest BCUT2D eigenvalue weighted by atomic mass is 32.2. The quantitative estimate of drug-likeness (QED) is 0.570. The van der Waals surface area contributed by atoms with Crippen LogP contribution in [0.3, 0.4) is 0 Å².